The van der Waals surface area contributed by atoms with Gasteiger partial charge in [0.25, 0.3) is 0 Å². The topological polar surface area (TPSA) is 29.1 Å². The third-order valence-electron chi connectivity index (χ3n) is 1.88. The highest BCUT2D eigenvalue weighted by atomic mass is 19.4. The number of alkyl halides is 9. The Morgan fingerprint density at radius 1 is 0.947 bits per heavy atom. The minimum absolute atomic E-state index is 0.343. The molecule has 0 aromatic rings. The summed E-state index contributed by atoms with van der Waals surface area (Å²) in [7, 11) is 0. The Bertz CT molecular complexity index is 360. The number of carbonyl (C=O) groups excluding carboxylic acids is 1. The minimum atomic E-state index is -6.96. The van der Waals surface area contributed by atoms with Gasteiger partial charge >= 0.3 is 23.9 Å². The molecular formula is C8H6F9NO. The largest absolute Gasteiger partial charge is 0.460 e. The smallest absolute Gasteiger partial charge is 0.346 e. The first-order valence-corrected chi connectivity index (χ1v) is 4.31. The first kappa shape index (κ1) is 17.6. The molecule has 0 saturated carbocycles. The zero-order chi connectivity index (χ0) is 15.7. The van der Waals surface area contributed by atoms with Gasteiger partial charge in [0, 0.05) is 0 Å². The van der Waals surface area contributed by atoms with E-state index in [1.54, 1.807) is 0 Å². The van der Waals surface area contributed by atoms with Crippen LogP contribution in [0.25, 0.3) is 0 Å². The fourth-order valence-corrected chi connectivity index (χ4v) is 0.789. The van der Waals surface area contributed by atoms with Crippen molar-refractivity contribution in [2.45, 2.75) is 23.9 Å². The molecule has 0 aromatic heterocycles. The van der Waals surface area contributed by atoms with Gasteiger partial charge in [0.1, 0.15) is 0 Å². The van der Waals surface area contributed by atoms with E-state index in [0.29, 0.717) is 6.08 Å². The van der Waals surface area contributed by atoms with Gasteiger partial charge in [-0.2, -0.15) is 39.5 Å². The Morgan fingerprint density at radius 2 is 1.37 bits per heavy atom. The normalized spacial score (nSPS) is 14.2. The van der Waals surface area contributed by atoms with E-state index in [-0.39, 0.29) is 0 Å². The van der Waals surface area contributed by atoms with E-state index in [4.69, 9.17) is 0 Å². The number of amides is 1. The maximum Gasteiger partial charge on any atom is 0.460 e. The molecule has 0 fully saturated rings. The zero-order valence-corrected chi connectivity index (χ0v) is 8.80. The Balaban J connectivity index is 5.27. The van der Waals surface area contributed by atoms with Crippen molar-refractivity contribution in [1.29, 1.82) is 0 Å². The molecule has 0 unspecified atom stereocenters. The van der Waals surface area contributed by atoms with E-state index in [9.17, 15) is 44.3 Å². The first-order valence-electron chi connectivity index (χ1n) is 4.31. The molecule has 0 heterocycles. The summed E-state index contributed by atoms with van der Waals surface area (Å²) in [5.74, 6) is -20.9. The maximum atomic E-state index is 12.7. The van der Waals surface area contributed by atoms with E-state index in [0.717, 1.165) is 5.32 Å². The monoisotopic (exact) mass is 303 g/mol. The lowest BCUT2D eigenvalue weighted by atomic mass is 10.0. The second-order valence-corrected chi connectivity index (χ2v) is 3.27. The molecule has 1 N–H and O–H groups in total. The van der Waals surface area contributed by atoms with Crippen LogP contribution in [0.1, 0.15) is 0 Å². The summed E-state index contributed by atoms with van der Waals surface area (Å²) in [6, 6.07) is 0. The van der Waals surface area contributed by atoms with Crippen LogP contribution in [0.3, 0.4) is 0 Å². The highest BCUT2D eigenvalue weighted by Crippen LogP contribution is 2.52. The van der Waals surface area contributed by atoms with Gasteiger partial charge in [-0.3, -0.25) is 4.79 Å². The van der Waals surface area contributed by atoms with Gasteiger partial charge in [-0.1, -0.05) is 6.58 Å². The van der Waals surface area contributed by atoms with E-state index < -0.39 is 36.4 Å². The second-order valence-electron chi connectivity index (χ2n) is 3.27. The predicted octanol–water partition coefficient (Wildman–Crippen LogP) is 2.76. The van der Waals surface area contributed by atoms with Gasteiger partial charge in [0.2, 0.25) is 5.91 Å². The van der Waals surface area contributed by atoms with Crippen molar-refractivity contribution in [2.75, 3.05) is 6.54 Å². The lowest BCUT2D eigenvalue weighted by Crippen LogP contribution is -2.63. The van der Waals surface area contributed by atoms with Gasteiger partial charge in [0.15, 0.2) is 0 Å². The van der Waals surface area contributed by atoms with Crippen LogP contribution in [0, 0.1) is 0 Å². The molecule has 112 valence electrons. The molecule has 0 aliphatic heterocycles. The van der Waals surface area contributed by atoms with Gasteiger partial charge < -0.3 is 5.32 Å². The Kier molecular flexibility index (Phi) is 4.56. The molecule has 0 saturated heterocycles. The molecule has 0 atom stereocenters. The van der Waals surface area contributed by atoms with Crippen LogP contribution in [-0.2, 0) is 4.79 Å². The van der Waals surface area contributed by atoms with Crippen molar-refractivity contribution in [3.05, 3.63) is 12.7 Å². The number of rotatable bonds is 5. The van der Waals surface area contributed by atoms with Gasteiger partial charge in [-0.25, -0.2) is 0 Å². The fraction of sp³-hybridized carbons (Fsp3) is 0.625. The Hall–Kier alpha value is -1.42. The quantitative estimate of drug-likeness (QED) is 0.614. The molecule has 0 rings (SSSR count). The van der Waals surface area contributed by atoms with Crippen LogP contribution in [0.2, 0.25) is 0 Å². The van der Waals surface area contributed by atoms with E-state index in [1.165, 1.54) is 0 Å². The van der Waals surface area contributed by atoms with Gasteiger partial charge in [0.05, 0.1) is 6.54 Å². The number of halogens is 9. The molecule has 19 heavy (non-hydrogen) atoms. The van der Waals surface area contributed by atoms with E-state index in [1.807, 2.05) is 0 Å². The molecule has 0 aliphatic rings. The molecule has 1 amide bonds. The average Bonchev–Trinajstić information content (AvgIpc) is 2.23. The predicted molar refractivity (Wildman–Crippen MR) is 44.1 cm³/mol. The zero-order valence-electron chi connectivity index (χ0n) is 8.80. The van der Waals surface area contributed by atoms with E-state index >= 15 is 0 Å². The molecule has 0 aliphatic carbocycles. The molecular weight excluding hydrogens is 297 g/mol. The SMILES string of the molecule is C=CC(=O)NCC(F)(F)C(F)(F)C(F)(F)C(F)(F)F. The lowest BCUT2D eigenvalue weighted by molar-refractivity contribution is -0.394. The van der Waals surface area contributed by atoms with Crippen LogP contribution in [0.4, 0.5) is 39.5 Å². The number of hydrogen-bond donors (Lipinski definition) is 1. The summed E-state index contributed by atoms with van der Waals surface area (Å²) < 4.78 is 110. The van der Waals surface area contributed by atoms with Crippen LogP contribution >= 0.6 is 0 Å². The van der Waals surface area contributed by atoms with Crippen molar-refractivity contribution in [1.82, 2.24) is 5.32 Å². The second kappa shape index (κ2) is 4.93. The molecule has 0 aromatic carbocycles. The van der Waals surface area contributed by atoms with Gasteiger partial charge in [-0.15, -0.1) is 0 Å². The molecule has 2 nitrogen and oxygen atoms in total. The number of nitrogens with one attached hydrogen (secondary N) is 1. The summed E-state index contributed by atoms with van der Waals surface area (Å²) in [6.45, 7) is 0.333. The summed E-state index contributed by atoms with van der Waals surface area (Å²) in [5.41, 5.74) is 0. The lowest BCUT2D eigenvalue weighted by Gasteiger charge is -2.33. The van der Waals surface area contributed by atoms with Crippen LogP contribution in [0.15, 0.2) is 12.7 Å². The number of carbonyl (C=O) groups is 1. The van der Waals surface area contributed by atoms with Crippen LogP contribution < -0.4 is 5.32 Å². The minimum Gasteiger partial charge on any atom is -0.346 e. The maximum absolute atomic E-state index is 12.7. The summed E-state index contributed by atoms with van der Waals surface area (Å²) in [4.78, 5) is 10.4. The summed E-state index contributed by atoms with van der Waals surface area (Å²) >= 11 is 0. The molecule has 0 bridgehead atoms. The first-order chi connectivity index (χ1) is 8.20. The summed E-state index contributed by atoms with van der Waals surface area (Å²) in [5, 5.41) is 1.01. The van der Waals surface area contributed by atoms with Crippen molar-refractivity contribution in [2.24, 2.45) is 0 Å². The van der Waals surface area contributed by atoms with E-state index in [2.05, 4.69) is 6.58 Å². The molecule has 0 radical (unpaired) electrons. The molecule has 0 spiro atoms. The van der Waals surface area contributed by atoms with Crippen molar-refractivity contribution < 1.29 is 44.3 Å². The highest BCUT2D eigenvalue weighted by molar-refractivity contribution is 5.86. The van der Waals surface area contributed by atoms with Crippen LogP contribution in [0.5, 0.6) is 0 Å². The van der Waals surface area contributed by atoms with Crippen LogP contribution in [-0.4, -0.2) is 36.4 Å². The number of hydrogen-bond acceptors (Lipinski definition) is 1. The summed E-state index contributed by atoms with van der Waals surface area (Å²) in [6.07, 6.45) is -6.53. The van der Waals surface area contributed by atoms with Crippen molar-refractivity contribution >= 4 is 5.91 Å². The van der Waals surface area contributed by atoms with Crippen molar-refractivity contribution in [3.63, 3.8) is 0 Å². The highest BCUT2D eigenvalue weighted by Gasteiger charge is 2.81. The Morgan fingerprint density at radius 3 is 1.68 bits per heavy atom. The third kappa shape index (κ3) is 3.13. The third-order valence-corrected chi connectivity index (χ3v) is 1.88. The van der Waals surface area contributed by atoms with Crippen molar-refractivity contribution in [3.8, 4) is 0 Å². The van der Waals surface area contributed by atoms with Gasteiger partial charge in [-0.05, 0) is 6.08 Å². The fourth-order valence-electron chi connectivity index (χ4n) is 0.789. The standard InChI is InChI=1S/C8H6F9NO/c1-2-4(19)18-3-5(9,10)6(11,12)7(13,14)8(15,16)17/h2H,1,3H2,(H,18,19). The molecule has 11 heteroatoms. The average molecular weight is 303 g/mol. The Labute approximate surface area is 99.8 Å².